The Balaban J connectivity index is 2.09. The van der Waals surface area contributed by atoms with Gasteiger partial charge in [0.2, 0.25) is 0 Å². The van der Waals surface area contributed by atoms with Gasteiger partial charge in [-0.3, -0.25) is 4.79 Å². The molecule has 0 saturated carbocycles. The maximum atomic E-state index is 12.4. The number of pyridine rings is 1. The fourth-order valence-electron chi connectivity index (χ4n) is 1.83. The van der Waals surface area contributed by atoms with Crippen molar-refractivity contribution in [2.45, 2.75) is 19.4 Å². The van der Waals surface area contributed by atoms with E-state index in [0.29, 0.717) is 10.6 Å². The summed E-state index contributed by atoms with van der Waals surface area (Å²) >= 11 is 7.59. The molecule has 2 aromatic heterocycles. The lowest BCUT2D eigenvalue weighted by molar-refractivity contribution is 0.0743. The van der Waals surface area contributed by atoms with Crippen molar-refractivity contribution in [2.75, 3.05) is 12.8 Å². The second-order valence-electron chi connectivity index (χ2n) is 4.64. The van der Waals surface area contributed by atoms with E-state index in [1.165, 1.54) is 11.1 Å². The number of nitrogens with two attached hydrogens (primary N) is 1. The monoisotopic (exact) mass is 309 g/mol. The lowest BCUT2D eigenvalue weighted by atomic mass is 10.1. The number of amides is 1. The smallest absolute Gasteiger partial charge is 0.255 e. The van der Waals surface area contributed by atoms with E-state index < -0.39 is 0 Å². The van der Waals surface area contributed by atoms with Gasteiger partial charge >= 0.3 is 0 Å². The van der Waals surface area contributed by atoms with Crippen molar-refractivity contribution in [3.05, 3.63) is 45.2 Å². The van der Waals surface area contributed by atoms with Crippen LogP contribution in [0.3, 0.4) is 0 Å². The maximum Gasteiger partial charge on any atom is 0.255 e. The molecular formula is C14H16ClN3OS. The molecule has 0 aromatic carbocycles. The molecule has 0 aliphatic heterocycles. The van der Waals surface area contributed by atoms with Crippen molar-refractivity contribution in [3.8, 4) is 0 Å². The van der Waals surface area contributed by atoms with Crippen molar-refractivity contribution in [3.63, 3.8) is 0 Å². The second kappa shape index (κ2) is 6.24. The number of likely N-dealkylation sites (N-methyl/N-ethyl adjacent to an activating group) is 1. The third-order valence-corrected chi connectivity index (χ3v) is 4.38. The van der Waals surface area contributed by atoms with Gasteiger partial charge in [-0.1, -0.05) is 17.7 Å². The van der Waals surface area contributed by atoms with Crippen molar-refractivity contribution in [2.24, 2.45) is 0 Å². The summed E-state index contributed by atoms with van der Waals surface area (Å²) in [6, 6.07) is 5.73. The molecule has 2 N–H and O–H groups in total. The van der Waals surface area contributed by atoms with Crippen LogP contribution in [0.1, 0.15) is 22.2 Å². The first kappa shape index (κ1) is 14.8. The summed E-state index contributed by atoms with van der Waals surface area (Å²) in [7, 11) is 1.78. The van der Waals surface area contributed by atoms with E-state index in [-0.39, 0.29) is 17.8 Å². The molecule has 106 valence electrons. The molecule has 2 heterocycles. The quantitative estimate of drug-likeness (QED) is 0.944. The molecule has 6 heteroatoms. The number of hydrogen-bond acceptors (Lipinski definition) is 4. The summed E-state index contributed by atoms with van der Waals surface area (Å²) in [5.41, 5.74) is 6.00. The minimum atomic E-state index is -0.108. The minimum absolute atomic E-state index is 0.0949. The number of halogens is 1. The lowest BCUT2D eigenvalue weighted by Gasteiger charge is -2.24. The van der Waals surface area contributed by atoms with Crippen LogP contribution in [0.2, 0.25) is 5.02 Å². The molecule has 2 rings (SSSR count). The van der Waals surface area contributed by atoms with E-state index in [1.54, 1.807) is 29.4 Å². The topological polar surface area (TPSA) is 59.2 Å². The summed E-state index contributed by atoms with van der Waals surface area (Å²) in [5.74, 6) is 0.126. The molecule has 20 heavy (non-hydrogen) atoms. The second-order valence-corrected chi connectivity index (χ2v) is 6.08. The van der Waals surface area contributed by atoms with Crippen LogP contribution in [0.5, 0.6) is 0 Å². The number of rotatable bonds is 4. The number of anilines is 1. The van der Waals surface area contributed by atoms with E-state index in [9.17, 15) is 4.79 Å². The van der Waals surface area contributed by atoms with Gasteiger partial charge in [-0.25, -0.2) is 4.98 Å². The number of carbonyl (C=O) groups is 1. The standard InChI is InChI=1S/C14H16ClN3OS/c1-9(6-11-4-3-5-20-11)18(2)14(19)10-7-12(15)13(16)17-8-10/h3-5,7-9H,6H2,1-2H3,(H2,16,17). The fourth-order valence-corrected chi connectivity index (χ4v) is 2.82. The van der Waals surface area contributed by atoms with E-state index >= 15 is 0 Å². The number of thiophene rings is 1. The van der Waals surface area contributed by atoms with Crippen LogP contribution in [0.25, 0.3) is 0 Å². The van der Waals surface area contributed by atoms with Crippen LogP contribution < -0.4 is 5.73 Å². The minimum Gasteiger partial charge on any atom is -0.382 e. The van der Waals surface area contributed by atoms with Gasteiger partial charge in [0.05, 0.1) is 10.6 Å². The maximum absolute atomic E-state index is 12.4. The summed E-state index contributed by atoms with van der Waals surface area (Å²) in [6.45, 7) is 2.02. The predicted octanol–water partition coefficient (Wildman–Crippen LogP) is 3.08. The molecule has 2 aromatic rings. The summed E-state index contributed by atoms with van der Waals surface area (Å²) in [6.07, 6.45) is 2.29. The fraction of sp³-hybridized carbons (Fsp3) is 0.286. The van der Waals surface area contributed by atoms with E-state index in [2.05, 4.69) is 11.1 Å². The molecule has 1 atom stereocenters. The van der Waals surface area contributed by atoms with Gasteiger partial charge in [-0.2, -0.15) is 0 Å². The largest absolute Gasteiger partial charge is 0.382 e. The van der Waals surface area contributed by atoms with Crippen LogP contribution in [-0.2, 0) is 6.42 Å². The van der Waals surface area contributed by atoms with Crippen LogP contribution in [0, 0.1) is 0 Å². The van der Waals surface area contributed by atoms with Gasteiger partial charge in [0.15, 0.2) is 0 Å². The molecule has 0 radical (unpaired) electrons. The highest BCUT2D eigenvalue weighted by atomic mass is 35.5. The Morgan fingerprint density at radius 2 is 2.35 bits per heavy atom. The highest BCUT2D eigenvalue weighted by Gasteiger charge is 2.19. The number of aromatic nitrogens is 1. The molecule has 0 fully saturated rings. The molecule has 1 amide bonds. The first-order chi connectivity index (χ1) is 9.49. The molecular weight excluding hydrogens is 294 g/mol. The zero-order valence-electron chi connectivity index (χ0n) is 11.3. The average molecular weight is 310 g/mol. The average Bonchev–Trinajstić information content (AvgIpc) is 2.93. The van der Waals surface area contributed by atoms with Crippen molar-refractivity contribution in [1.82, 2.24) is 9.88 Å². The SMILES string of the molecule is CC(Cc1cccs1)N(C)C(=O)c1cnc(N)c(Cl)c1. The van der Waals surface area contributed by atoms with Crippen molar-refractivity contribution in [1.29, 1.82) is 0 Å². The summed E-state index contributed by atoms with van der Waals surface area (Å²) in [5, 5.41) is 2.34. The van der Waals surface area contributed by atoms with Gasteiger partial charge in [-0.05, 0) is 24.4 Å². The van der Waals surface area contributed by atoms with Gasteiger partial charge < -0.3 is 10.6 Å². The molecule has 0 saturated heterocycles. The first-order valence-corrected chi connectivity index (χ1v) is 7.45. The number of nitrogens with zero attached hydrogens (tertiary/aromatic N) is 2. The van der Waals surface area contributed by atoms with E-state index in [0.717, 1.165) is 6.42 Å². The van der Waals surface area contributed by atoms with E-state index in [1.807, 2.05) is 18.4 Å². The Labute approximate surface area is 127 Å². The number of hydrogen-bond donors (Lipinski definition) is 1. The van der Waals surface area contributed by atoms with Crippen LogP contribution in [-0.4, -0.2) is 28.9 Å². The Morgan fingerprint density at radius 3 is 2.95 bits per heavy atom. The predicted molar refractivity (Wildman–Crippen MR) is 83.2 cm³/mol. The van der Waals surface area contributed by atoms with Crippen LogP contribution >= 0.6 is 22.9 Å². The summed E-state index contributed by atoms with van der Waals surface area (Å²) < 4.78 is 0. The zero-order chi connectivity index (χ0) is 14.7. The van der Waals surface area contributed by atoms with Gasteiger partial charge in [0, 0.05) is 30.6 Å². The van der Waals surface area contributed by atoms with Gasteiger partial charge in [0.25, 0.3) is 5.91 Å². The Bertz CT molecular complexity index is 600. The molecule has 0 spiro atoms. The Kier molecular flexibility index (Phi) is 4.62. The molecule has 0 aliphatic rings. The van der Waals surface area contributed by atoms with Crippen molar-refractivity contribution >= 4 is 34.7 Å². The van der Waals surface area contributed by atoms with Crippen LogP contribution in [0.15, 0.2) is 29.8 Å². The molecule has 4 nitrogen and oxygen atoms in total. The Morgan fingerprint density at radius 1 is 1.60 bits per heavy atom. The molecule has 0 aliphatic carbocycles. The summed E-state index contributed by atoms with van der Waals surface area (Å²) in [4.78, 5) is 19.2. The van der Waals surface area contributed by atoms with Crippen LogP contribution in [0.4, 0.5) is 5.82 Å². The normalized spacial score (nSPS) is 12.2. The van der Waals surface area contributed by atoms with Crippen molar-refractivity contribution < 1.29 is 4.79 Å². The van der Waals surface area contributed by atoms with Gasteiger partial charge in [0.1, 0.15) is 5.82 Å². The Hall–Kier alpha value is -1.59. The van der Waals surface area contributed by atoms with E-state index in [4.69, 9.17) is 17.3 Å². The third-order valence-electron chi connectivity index (χ3n) is 3.17. The van der Waals surface area contributed by atoms with Gasteiger partial charge in [-0.15, -0.1) is 11.3 Å². The number of nitrogen functional groups attached to an aromatic ring is 1. The highest BCUT2D eigenvalue weighted by Crippen LogP contribution is 2.19. The molecule has 0 bridgehead atoms. The zero-order valence-corrected chi connectivity index (χ0v) is 12.9. The third kappa shape index (κ3) is 3.29. The number of carbonyl (C=O) groups excluding carboxylic acids is 1. The molecule has 1 unspecified atom stereocenters. The highest BCUT2D eigenvalue weighted by molar-refractivity contribution is 7.09. The lowest BCUT2D eigenvalue weighted by Crippen LogP contribution is -2.36. The first-order valence-electron chi connectivity index (χ1n) is 6.19.